The van der Waals surface area contributed by atoms with E-state index in [0.29, 0.717) is 42.8 Å². The molecule has 0 bridgehead atoms. The molecule has 1 unspecified atom stereocenters. The molecule has 7 nitrogen and oxygen atoms in total. The molecule has 0 aromatic heterocycles. The molecule has 31 heavy (non-hydrogen) atoms. The van der Waals surface area contributed by atoms with E-state index in [0.717, 1.165) is 12.0 Å². The van der Waals surface area contributed by atoms with Crippen LogP contribution < -0.4 is 24.8 Å². The van der Waals surface area contributed by atoms with Gasteiger partial charge in [-0.25, -0.2) is 9.38 Å². The third-order valence-corrected chi connectivity index (χ3v) is 4.39. The van der Waals surface area contributed by atoms with E-state index in [1.54, 1.807) is 25.3 Å². The molecule has 0 aliphatic rings. The van der Waals surface area contributed by atoms with Crippen LogP contribution in [0.2, 0.25) is 0 Å². The van der Waals surface area contributed by atoms with Crippen molar-refractivity contribution in [3.63, 3.8) is 0 Å². The Morgan fingerprint density at radius 2 is 1.97 bits per heavy atom. The summed E-state index contributed by atoms with van der Waals surface area (Å²) in [4.78, 5) is 4.62. The average Bonchev–Trinajstić information content (AvgIpc) is 2.78. The van der Waals surface area contributed by atoms with Crippen LogP contribution >= 0.6 is 0 Å². The predicted molar refractivity (Wildman–Crippen MR) is 120 cm³/mol. The summed E-state index contributed by atoms with van der Waals surface area (Å²) in [5.74, 6) is 2.01. The van der Waals surface area contributed by atoms with Gasteiger partial charge in [0.2, 0.25) is 0 Å². The van der Waals surface area contributed by atoms with Gasteiger partial charge in [0, 0.05) is 12.6 Å². The fourth-order valence-electron chi connectivity index (χ4n) is 2.81. The number of aliphatic hydroxyl groups is 1. The maximum absolute atomic E-state index is 13.4. The SMILES string of the molecule is CCNC(=NCc1ccc(OCCO)c(OC)c1)NCC(CC)Oc1cccc(F)c1. The van der Waals surface area contributed by atoms with Gasteiger partial charge < -0.3 is 30.0 Å². The van der Waals surface area contributed by atoms with Gasteiger partial charge in [-0.3, -0.25) is 0 Å². The van der Waals surface area contributed by atoms with Crippen molar-refractivity contribution < 1.29 is 23.7 Å². The Balaban J connectivity index is 1.99. The van der Waals surface area contributed by atoms with Crippen molar-refractivity contribution in [1.29, 1.82) is 0 Å². The molecule has 0 radical (unpaired) electrons. The first-order chi connectivity index (χ1) is 15.1. The third-order valence-electron chi connectivity index (χ3n) is 4.39. The third kappa shape index (κ3) is 8.33. The molecule has 0 heterocycles. The standard InChI is InChI=1S/C23H32FN3O4/c1-4-19(31-20-8-6-7-18(24)14-20)16-27-23(25-5-2)26-15-17-9-10-21(30-12-11-28)22(13-17)29-3/h6-10,13-14,19,28H,4-5,11-12,15-16H2,1-3H3,(H2,25,26,27). The summed E-state index contributed by atoms with van der Waals surface area (Å²) < 4.78 is 30.1. The van der Waals surface area contributed by atoms with Crippen LogP contribution in [0.4, 0.5) is 4.39 Å². The van der Waals surface area contributed by atoms with Crippen LogP contribution in [0.3, 0.4) is 0 Å². The zero-order chi connectivity index (χ0) is 22.5. The van der Waals surface area contributed by atoms with Gasteiger partial charge in [-0.1, -0.05) is 19.1 Å². The first-order valence-corrected chi connectivity index (χ1v) is 10.4. The van der Waals surface area contributed by atoms with Gasteiger partial charge in [-0.15, -0.1) is 0 Å². The van der Waals surface area contributed by atoms with E-state index in [1.807, 2.05) is 26.0 Å². The Labute approximate surface area is 183 Å². The molecule has 0 fully saturated rings. The minimum absolute atomic E-state index is 0.0609. The number of guanidine groups is 1. The molecule has 1 atom stereocenters. The van der Waals surface area contributed by atoms with Gasteiger partial charge in [0.1, 0.15) is 24.3 Å². The van der Waals surface area contributed by atoms with Gasteiger partial charge >= 0.3 is 0 Å². The molecule has 3 N–H and O–H groups in total. The number of aliphatic imine (C=N–C) groups is 1. The van der Waals surface area contributed by atoms with E-state index in [-0.39, 0.29) is 25.1 Å². The highest BCUT2D eigenvalue weighted by molar-refractivity contribution is 5.79. The van der Waals surface area contributed by atoms with Crippen LogP contribution in [-0.2, 0) is 6.54 Å². The fraction of sp³-hybridized carbons (Fsp3) is 0.435. The van der Waals surface area contributed by atoms with Crippen molar-refractivity contribution in [2.45, 2.75) is 32.9 Å². The van der Waals surface area contributed by atoms with Crippen LogP contribution in [-0.4, -0.2) is 50.6 Å². The average molecular weight is 434 g/mol. The summed E-state index contributed by atoms with van der Waals surface area (Å²) in [6.07, 6.45) is 0.629. The number of nitrogens with one attached hydrogen (secondary N) is 2. The molecule has 2 aromatic rings. The van der Waals surface area contributed by atoms with E-state index in [9.17, 15) is 4.39 Å². The van der Waals surface area contributed by atoms with Crippen LogP contribution in [0.1, 0.15) is 25.8 Å². The maximum atomic E-state index is 13.4. The summed E-state index contributed by atoms with van der Waals surface area (Å²) in [5, 5.41) is 15.4. The zero-order valence-corrected chi connectivity index (χ0v) is 18.4. The van der Waals surface area contributed by atoms with Crippen LogP contribution in [0.15, 0.2) is 47.5 Å². The van der Waals surface area contributed by atoms with E-state index in [4.69, 9.17) is 19.3 Å². The molecule has 0 spiro atoms. The van der Waals surface area contributed by atoms with Crippen LogP contribution in [0.5, 0.6) is 17.2 Å². The van der Waals surface area contributed by atoms with Gasteiger partial charge in [0.25, 0.3) is 0 Å². The molecule has 0 saturated heterocycles. The zero-order valence-electron chi connectivity index (χ0n) is 18.4. The molecule has 2 aromatic carbocycles. The van der Waals surface area contributed by atoms with Crippen LogP contribution in [0, 0.1) is 5.82 Å². The number of hydrogen-bond donors (Lipinski definition) is 3. The van der Waals surface area contributed by atoms with E-state index in [1.165, 1.54) is 12.1 Å². The van der Waals surface area contributed by atoms with Crippen molar-refractivity contribution in [2.75, 3.05) is 33.4 Å². The predicted octanol–water partition coefficient (Wildman–Crippen LogP) is 3.12. The normalized spacial score (nSPS) is 12.2. The van der Waals surface area contributed by atoms with Gasteiger partial charge in [-0.05, 0) is 43.2 Å². The Hall–Kier alpha value is -3.00. The van der Waals surface area contributed by atoms with Crippen molar-refractivity contribution in [3.8, 4) is 17.2 Å². The number of hydrogen-bond acceptors (Lipinski definition) is 5. The second kappa shape index (κ2) is 13.3. The van der Waals surface area contributed by atoms with Gasteiger partial charge in [-0.2, -0.15) is 0 Å². The van der Waals surface area contributed by atoms with Crippen molar-refractivity contribution >= 4 is 5.96 Å². The molecule has 2 rings (SSSR count). The lowest BCUT2D eigenvalue weighted by atomic mass is 10.2. The lowest BCUT2D eigenvalue weighted by Crippen LogP contribution is -2.42. The van der Waals surface area contributed by atoms with Crippen molar-refractivity contribution in [1.82, 2.24) is 10.6 Å². The molecular weight excluding hydrogens is 401 g/mol. The quantitative estimate of drug-likeness (QED) is 0.352. The summed E-state index contributed by atoms with van der Waals surface area (Å²) in [6.45, 7) is 5.83. The second-order valence-electron chi connectivity index (χ2n) is 6.74. The van der Waals surface area contributed by atoms with Crippen LogP contribution in [0.25, 0.3) is 0 Å². The van der Waals surface area contributed by atoms with E-state index >= 15 is 0 Å². The summed E-state index contributed by atoms with van der Waals surface area (Å²) in [5.41, 5.74) is 0.952. The second-order valence-corrected chi connectivity index (χ2v) is 6.74. The minimum Gasteiger partial charge on any atom is -0.493 e. The van der Waals surface area contributed by atoms with Gasteiger partial charge in [0.15, 0.2) is 17.5 Å². The number of aliphatic hydroxyl groups excluding tert-OH is 1. The highest BCUT2D eigenvalue weighted by atomic mass is 19.1. The molecule has 0 aliphatic heterocycles. The maximum Gasteiger partial charge on any atom is 0.191 e. The fourth-order valence-corrected chi connectivity index (χ4v) is 2.81. The molecular formula is C23H32FN3O4. The van der Waals surface area contributed by atoms with E-state index in [2.05, 4.69) is 15.6 Å². The highest BCUT2D eigenvalue weighted by Gasteiger charge is 2.10. The van der Waals surface area contributed by atoms with Crippen molar-refractivity contribution in [2.24, 2.45) is 4.99 Å². The van der Waals surface area contributed by atoms with E-state index < -0.39 is 0 Å². The Morgan fingerprint density at radius 1 is 1.13 bits per heavy atom. The molecule has 0 aliphatic carbocycles. The number of halogens is 1. The highest BCUT2D eigenvalue weighted by Crippen LogP contribution is 2.28. The first-order valence-electron chi connectivity index (χ1n) is 10.4. The molecule has 0 saturated carbocycles. The lowest BCUT2D eigenvalue weighted by Gasteiger charge is -2.20. The minimum atomic E-state index is -0.321. The lowest BCUT2D eigenvalue weighted by molar-refractivity contribution is 0.196. The number of methoxy groups -OCH3 is 1. The smallest absolute Gasteiger partial charge is 0.191 e. The Bertz CT molecular complexity index is 832. The number of rotatable bonds is 12. The number of nitrogens with zero attached hydrogens (tertiary/aromatic N) is 1. The number of benzene rings is 2. The molecule has 8 heteroatoms. The topological polar surface area (TPSA) is 84.3 Å². The monoisotopic (exact) mass is 433 g/mol. The number of ether oxygens (including phenoxy) is 3. The Morgan fingerprint density at radius 3 is 2.65 bits per heavy atom. The Kier molecular flexibility index (Phi) is 10.4. The molecule has 0 amide bonds. The molecule has 170 valence electrons. The summed E-state index contributed by atoms with van der Waals surface area (Å²) in [6, 6.07) is 11.7. The van der Waals surface area contributed by atoms with Gasteiger partial charge in [0.05, 0.1) is 26.8 Å². The summed E-state index contributed by atoms with van der Waals surface area (Å²) >= 11 is 0. The first kappa shape index (κ1) is 24.3. The largest absolute Gasteiger partial charge is 0.493 e. The summed E-state index contributed by atoms with van der Waals surface area (Å²) in [7, 11) is 1.57. The van der Waals surface area contributed by atoms with Crippen molar-refractivity contribution in [3.05, 3.63) is 53.8 Å².